The van der Waals surface area contributed by atoms with E-state index in [4.69, 9.17) is 0 Å². The number of nitrogens with zero attached hydrogens (tertiary/aromatic N) is 2. The molecule has 5 heteroatoms. The summed E-state index contributed by atoms with van der Waals surface area (Å²) < 4.78 is 1.84. The molecule has 2 rings (SSSR count). The number of aryl methyl sites for hydroxylation is 1. The van der Waals surface area contributed by atoms with Crippen molar-refractivity contribution in [3.8, 4) is 0 Å². The first-order chi connectivity index (χ1) is 7.63. The molecule has 0 saturated heterocycles. The van der Waals surface area contributed by atoms with Gasteiger partial charge < -0.3 is 15.0 Å². The lowest BCUT2D eigenvalue weighted by Crippen LogP contribution is -2.01. The quantitative estimate of drug-likeness (QED) is 0.762. The van der Waals surface area contributed by atoms with Crippen LogP contribution in [-0.2, 0) is 11.8 Å². The van der Waals surface area contributed by atoms with Crippen molar-refractivity contribution in [2.75, 3.05) is 5.32 Å². The predicted octanol–water partition coefficient (Wildman–Crippen LogP) is 1.19. The molecule has 0 spiro atoms. The Bertz CT molecular complexity index is 531. The van der Waals surface area contributed by atoms with Crippen molar-refractivity contribution in [3.05, 3.63) is 24.0 Å². The zero-order valence-electron chi connectivity index (χ0n) is 9.14. The third kappa shape index (κ3) is 1.65. The minimum atomic E-state index is -0.611. The van der Waals surface area contributed by atoms with E-state index in [1.807, 2.05) is 17.7 Å². The van der Waals surface area contributed by atoms with Gasteiger partial charge in [0.1, 0.15) is 11.9 Å². The summed E-state index contributed by atoms with van der Waals surface area (Å²) >= 11 is 0. The maximum absolute atomic E-state index is 10.3. The number of hydrogen-bond acceptors (Lipinski definition) is 3. The van der Waals surface area contributed by atoms with Gasteiger partial charge in [-0.05, 0) is 25.1 Å². The van der Waals surface area contributed by atoms with Crippen LogP contribution in [0.2, 0.25) is 0 Å². The van der Waals surface area contributed by atoms with Gasteiger partial charge >= 0.3 is 0 Å². The van der Waals surface area contributed by atoms with Gasteiger partial charge in [0.25, 0.3) is 0 Å². The van der Waals surface area contributed by atoms with E-state index in [1.54, 1.807) is 19.1 Å². The number of fused-ring (bicyclic) bond motifs is 1. The van der Waals surface area contributed by atoms with E-state index < -0.39 is 6.10 Å². The number of aliphatic hydroxyl groups is 1. The zero-order chi connectivity index (χ0) is 11.7. The van der Waals surface area contributed by atoms with Gasteiger partial charge in [-0.3, -0.25) is 4.79 Å². The van der Waals surface area contributed by atoms with E-state index >= 15 is 0 Å². The summed E-state index contributed by atoms with van der Waals surface area (Å²) in [5.41, 5.74) is 2.37. The molecular weight excluding hydrogens is 206 g/mol. The fourth-order valence-corrected chi connectivity index (χ4v) is 1.75. The van der Waals surface area contributed by atoms with Crippen LogP contribution in [0.3, 0.4) is 0 Å². The van der Waals surface area contributed by atoms with Gasteiger partial charge in [-0.2, -0.15) is 0 Å². The number of nitrogens with one attached hydrogen (secondary N) is 1. The molecule has 5 nitrogen and oxygen atoms in total. The number of benzene rings is 1. The van der Waals surface area contributed by atoms with E-state index in [1.165, 1.54) is 0 Å². The maximum atomic E-state index is 10.3. The Morgan fingerprint density at radius 2 is 2.31 bits per heavy atom. The highest BCUT2D eigenvalue weighted by Crippen LogP contribution is 2.22. The third-order valence-electron chi connectivity index (χ3n) is 2.51. The van der Waals surface area contributed by atoms with Crippen molar-refractivity contribution in [2.45, 2.75) is 13.0 Å². The maximum Gasteiger partial charge on any atom is 0.211 e. The molecule has 1 aromatic carbocycles. The van der Waals surface area contributed by atoms with E-state index in [9.17, 15) is 9.90 Å². The Labute approximate surface area is 92.7 Å². The minimum Gasteiger partial charge on any atom is -0.385 e. The Morgan fingerprint density at radius 1 is 1.56 bits per heavy atom. The SMILES string of the molecule is CC(O)c1nc2cc(NC=O)ccc2n1C. The molecule has 1 aromatic heterocycles. The number of aromatic nitrogens is 2. The number of hydrogen-bond donors (Lipinski definition) is 2. The van der Waals surface area contributed by atoms with Crippen LogP contribution < -0.4 is 5.32 Å². The molecule has 16 heavy (non-hydrogen) atoms. The van der Waals surface area contributed by atoms with Crippen LogP contribution in [0.1, 0.15) is 18.9 Å². The van der Waals surface area contributed by atoms with Crippen molar-refractivity contribution >= 4 is 23.1 Å². The average Bonchev–Trinajstić information content (AvgIpc) is 2.56. The van der Waals surface area contributed by atoms with E-state index in [0.29, 0.717) is 17.9 Å². The smallest absolute Gasteiger partial charge is 0.211 e. The topological polar surface area (TPSA) is 67.2 Å². The highest BCUT2D eigenvalue weighted by molar-refractivity contribution is 5.83. The normalized spacial score (nSPS) is 12.7. The second kappa shape index (κ2) is 3.94. The summed E-state index contributed by atoms with van der Waals surface area (Å²) in [7, 11) is 1.85. The summed E-state index contributed by atoms with van der Waals surface area (Å²) in [6, 6.07) is 5.43. The number of amides is 1. The number of anilines is 1. The lowest BCUT2D eigenvalue weighted by Gasteiger charge is -2.03. The first kappa shape index (κ1) is 10.6. The second-order valence-electron chi connectivity index (χ2n) is 3.67. The lowest BCUT2D eigenvalue weighted by molar-refractivity contribution is -0.105. The van der Waals surface area contributed by atoms with Gasteiger partial charge in [0, 0.05) is 12.7 Å². The van der Waals surface area contributed by atoms with Crippen LogP contribution in [0.4, 0.5) is 5.69 Å². The molecule has 1 heterocycles. The molecule has 84 valence electrons. The third-order valence-corrected chi connectivity index (χ3v) is 2.51. The number of rotatable bonds is 3. The highest BCUT2D eigenvalue weighted by atomic mass is 16.3. The van der Waals surface area contributed by atoms with Crippen LogP contribution in [0.15, 0.2) is 18.2 Å². The van der Waals surface area contributed by atoms with Gasteiger partial charge in [-0.25, -0.2) is 4.98 Å². The molecule has 0 radical (unpaired) electrons. The molecule has 1 amide bonds. The highest BCUT2D eigenvalue weighted by Gasteiger charge is 2.11. The Kier molecular flexibility index (Phi) is 2.62. The van der Waals surface area contributed by atoms with Crippen LogP contribution in [0.25, 0.3) is 11.0 Å². The minimum absolute atomic E-state index is 0.609. The van der Waals surface area contributed by atoms with Crippen LogP contribution in [0.5, 0.6) is 0 Å². The molecular formula is C11H13N3O2. The van der Waals surface area contributed by atoms with Crippen molar-refractivity contribution in [2.24, 2.45) is 7.05 Å². The molecule has 0 aliphatic carbocycles. The molecule has 0 bridgehead atoms. The molecule has 0 aliphatic heterocycles. The first-order valence-electron chi connectivity index (χ1n) is 4.98. The van der Waals surface area contributed by atoms with Gasteiger partial charge in [0.05, 0.1) is 11.0 Å². The summed E-state index contributed by atoms with van der Waals surface area (Å²) in [5.74, 6) is 0.609. The molecule has 0 saturated carbocycles. The number of carbonyl (C=O) groups excluding carboxylic acids is 1. The van der Waals surface area contributed by atoms with Crippen molar-refractivity contribution in [1.29, 1.82) is 0 Å². The van der Waals surface area contributed by atoms with Crippen LogP contribution >= 0.6 is 0 Å². The summed E-state index contributed by atoms with van der Waals surface area (Å²) in [6.45, 7) is 1.67. The Balaban J connectivity index is 2.58. The van der Waals surface area contributed by atoms with E-state index in [0.717, 1.165) is 11.0 Å². The Hall–Kier alpha value is -1.88. The van der Waals surface area contributed by atoms with E-state index in [2.05, 4.69) is 10.3 Å². The van der Waals surface area contributed by atoms with Gasteiger partial charge in [-0.1, -0.05) is 0 Å². The van der Waals surface area contributed by atoms with Gasteiger partial charge in [-0.15, -0.1) is 0 Å². The summed E-state index contributed by atoms with van der Waals surface area (Å²) in [5, 5.41) is 12.1. The van der Waals surface area contributed by atoms with Crippen LogP contribution in [0, 0.1) is 0 Å². The van der Waals surface area contributed by atoms with Gasteiger partial charge in [0.2, 0.25) is 6.41 Å². The summed E-state index contributed by atoms with van der Waals surface area (Å²) in [4.78, 5) is 14.6. The van der Waals surface area contributed by atoms with Crippen molar-refractivity contribution < 1.29 is 9.90 Å². The molecule has 1 unspecified atom stereocenters. The number of imidazole rings is 1. The number of aliphatic hydroxyl groups excluding tert-OH is 1. The average molecular weight is 219 g/mol. The largest absolute Gasteiger partial charge is 0.385 e. The molecule has 2 aromatic rings. The lowest BCUT2D eigenvalue weighted by atomic mass is 10.3. The van der Waals surface area contributed by atoms with Crippen molar-refractivity contribution in [3.63, 3.8) is 0 Å². The zero-order valence-corrected chi connectivity index (χ0v) is 9.14. The Morgan fingerprint density at radius 3 is 2.94 bits per heavy atom. The van der Waals surface area contributed by atoms with Crippen LogP contribution in [-0.4, -0.2) is 21.1 Å². The summed E-state index contributed by atoms with van der Waals surface area (Å²) in [6.07, 6.45) is 0.0135. The van der Waals surface area contributed by atoms with Crippen molar-refractivity contribution in [1.82, 2.24) is 9.55 Å². The van der Waals surface area contributed by atoms with Gasteiger partial charge in [0.15, 0.2) is 0 Å². The fourth-order valence-electron chi connectivity index (χ4n) is 1.75. The standard InChI is InChI=1S/C11H13N3O2/c1-7(16)11-13-9-5-8(12-6-15)3-4-10(9)14(11)2/h3-7,16H,1-2H3,(H,12,15). The van der Waals surface area contributed by atoms with E-state index in [-0.39, 0.29) is 0 Å². The molecule has 2 N–H and O–H groups in total. The fraction of sp³-hybridized carbons (Fsp3) is 0.273. The first-order valence-corrected chi connectivity index (χ1v) is 4.98. The predicted molar refractivity (Wildman–Crippen MR) is 61.0 cm³/mol. The molecule has 0 fully saturated rings. The molecule has 0 aliphatic rings. The molecule has 1 atom stereocenters. The monoisotopic (exact) mass is 219 g/mol. The second-order valence-corrected chi connectivity index (χ2v) is 3.67. The number of carbonyl (C=O) groups is 1.